The van der Waals surface area contributed by atoms with Crippen LogP contribution in [0.25, 0.3) is 0 Å². The normalized spacial score (nSPS) is 9.62. The van der Waals surface area contributed by atoms with Crippen molar-refractivity contribution < 1.29 is 4.92 Å². The van der Waals surface area contributed by atoms with Crippen LogP contribution in [0.2, 0.25) is 0 Å². The molecule has 0 heterocycles. The summed E-state index contributed by atoms with van der Waals surface area (Å²) < 4.78 is 0. The number of hydrogen-bond acceptors (Lipinski definition) is 4. The predicted molar refractivity (Wildman–Crippen MR) is 50.0 cm³/mol. The van der Waals surface area contributed by atoms with Gasteiger partial charge in [0.05, 0.1) is 4.92 Å². The number of nitrogen functional groups attached to an aromatic ring is 1. The Balaban J connectivity index is 3.20. The molecule has 1 aromatic carbocycles. The van der Waals surface area contributed by atoms with Gasteiger partial charge in [-0.1, -0.05) is 0 Å². The summed E-state index contributed by atoms with van der Waals surface area (Å²) in [4.78, 5) is 9.82. The van der Waals surface area contributed by atoms with Crippen molar-refractivity contribution in [1.29, 1.82) is 5.41 Å². The van der Waals surface area contributed by atoms with Crippen molar-refractivity contribution in [3.05, 3.63) is 33.9 Å². The molecular formula is C8H9N3O2. The molecule has 0 unspecified atom stereocenters. The minimum Gasteiger partial charge on any atom is -0.398 e. The average Bonchev–Trinajstić information content (AvgIpc) is 2.03. The molecule has 1 rings (SSSR count). The van der Waals surface area contributed by atoms with E-state index in [1.165, 1.54) is 18.2 Å². The lowest BCUT2D eigenvalue weighted by atomic mass is 10.1. The number of hydrogen-bond donors (Lipinski definition) is 2. The van der Waals surface area contributed by atoms with E-state index >= 15 is 0 Å². The van der Waals surface area contributed by atoms with Gasteiger partial charge in [-0.3, -0.25) is 10.1 Å². The first-order chi connectivity index (χ1) is 6.02. The van der Waals surface area contributed by atoms with E-state index in [0.29, 0.717) is 11.3 Å². The molecule has 3 N–H and O–H groups in total. The van der Waals surface area contributed by atoms with Crippen LogP contribution in [0, 0.1) is 15.5 Å². The molecule has 68 valence electrons. The topological polar surface area (TPSA) is 93.0 Å². The van der Waals surface area contributed by atoms with Gasteiger partial charge in [-0.05, 0) is 13.0 Å². The van der Waals surface area contributed by atoms with Crippen molar-refractivity contribution in [2.45, 2.75) is 6.92 Å². The first-order valence-corrected chi connectivity index (χ1v) is 3.62. The SMILES string of the molecule is CC(=N)c1ccc([N+](=O)[O-])cc1N. The van der Waals surface area contributed by atoms with Crippen LogP contribution < -0.4 is 5.73 Å². The monoisotopic (exact) mass is 179 g/mol. The molecule has 1 aromatic rings. The largest absolute Gasteiger partial charge is 0.398 e. The second kappa shape index (κ2) is 3.22. The van der Waals surface area contributed by atoms with Crippen molar-refractivity contribution in [3.63, 3.8) is 0 Å². The van der Waals surface area contributed by atoms with E-state index in [9.17, 15) is 10.1 Å². The fourth-order valence-corrected chi connectivity index (χ4v) is 1.01. The fourth-order valence-electron chi connectivity index (χ4n) is 1.01. The molecule has 0 saturated carbocycles. The molecule has 5 nitrogen and oxygen atoms in total. The van der Waals surface area contributed by atoms with Crippen molar-refractivity contribution in [2.24, 2.45) is 0 Å². The van der Waals surface area contributed by atoms with E-state index in [1.807, 2.05) is 0 Å². The number of nitro benzene ring substituents is 1. The molecule has 0 aliphatic rings. The first-order valence-electron chi connectivity index (χ1n) is 3.62. The van der Waals surface area contributed by atoms with E-state index in [-0.39, 0.29) is 11.4 Å². The van der Waals surface area contributed by atoms with Crippen LogP contribution in [0.4, 0.5) is 11.4 Å². The maximum absolute atomic E-state index is 10.3. The third-order valence-electron chi connectivity index (χ3n) is 1.65. The number of nitro groups is 1. The smallest absolute Gasteiger partial charge is 0.271 e. The number of nitrogens with one attached hydrogen (secondary N) is 1. The third kappa shape index (κ3) is 1.81. The van der Waals surface area contributed by atoms with Gasteiger partial charge in [0.25, 0.3) is 5.69 Å². The van der Waals surface area contributed by atoms with Gasteiger partial charge in [0.1, 0.15) is 0 Å². The maximum Gasteiger partial charge on any atom is 0.271 e. The zero-order valence-corrected chi connectivity index (χ0v) is 7.07. The number of non-ortho nitro benzene ring substituents is 1. The van der Waals surface area contributed by atoms with Crippen LogP contribution in [0.1, 0.15) is 12.5 Å². The van der Waals surface area contributed by atoms with Gasteiger partial charge in [0.15, 0.2) is 0 Å². The van der Waals surface area contributed by atoms with E-state index in [1.54, 1.807) is 6.92 Å². The zero-order chi connectivity index (χ0) is 10.0. The Kier molecular flexibility index (Phi) is 2.27. The average molecular weight is 179 g/mol. The van der Waals surface area contributed by atoms with Gasteiger partial charge in [0.2, 0.25) is 0 Å². The number of benzene rings is 1. The molecule has 0 radical (unpaired) electrons. The lowest BCUT2D eigenvalue weighted by molar-refractivity contribution is -0.384. The van der Waals surface area contributed by atoms with Gasteiger partial charge in [-0.25, -0.2) is 0 Å². The quantitative estimate of drug-likeness (QED) is 0.312. The minimum absolute atomic E-state index is 0.0532. The molecule has 0 aliphatic carbocycles. The van der Waals surface area contributed by atoms with Gasteiger partial charge in [0, 0.05) is 29.1 Å². The van der Waals surface area contributed by atoms with Crippen LogP contribution in [0.5, 0.6) is 0 Å². The summed E-state index contributed by atoms with van der Waals surface area (Å²) in [5, 5.41) is 17.6. The van der Waals surface area contributed by atoms with Crippen LogP contribution in [0.3, 0.4) is 0 Å². The molecule has 13 heavy (non-hydrogen) atoms. The Morgan fingerprint density at radius 1 is 1.62 bits per heavy atom. The summed E-state index contributed by atoms with van der Waals surface area (Å²) in [7, 11) is 0. The Morgan fingerprint density at radius 2 is 2.23 bits per heavy atom. The van der Waals surface area contributed by atoms with Crippen LogP contribution in [-0.4, -0.2) is 10.6 Å². The van der Waals surface area contributed by atoms with E-state index in [2.05, 4.69) is 0 Å². The Labute approximate surface area is 74.8 Å². The highest BCUT2D eigenvalue weighted by Crippen LogP contribution is 2.19. The van der Waals surface area contributed by atoms with Crippen molar-refractivity contribution >= 4 is 17.1 Å². The number of nitrogens with zero attached hydrogens (tertiary/aromatic N) is 1. The highest BCUT2D eigenvalue weighted by Gasteiger charge is 2.08. The van der Waals surface area contributed by atoms with Crippen LogP contribution in [0.15, 0.2) is 18.2 Å². The van der Waals surface area contributed by atoms with E-state index < -0.39 is 4.92 Å². The summed E-state index contributed by atoms with van der Waals surface area (Å²) in [6.07, 6.45) is 0. The Hall–Kier alpha value is -1.91. The lowest BCUT2D eigenvalue weighted by Crippen LogP contribution is -2.00. The van der Waals surface area contributed by atoms with E-state index in [4.69, 9.17) is 11.1 Å². The Bertz CT molecular complexity index is 374. The summed E-state index contributed by atoms with van der Waals surface area (Å²) in [5.74, 6) is 0. The summed E-state index contributed by atoms with van der Waals surface area (Å²) in [6, 6.07) is 4.08. The molecule has 0 amide bonds. The molecular weight excluding hydrogens is 170 g/mol. The second-order valence-corrected chi connectivity index (χ2v) is 2.65. The summed E-state index contributed by atoms with van der Waals surface area (Å²) in [6.45, 7) is 1.58. The molecule has 0 aliphatic heterocycles. The third-order valence-corrected chi connectivity index (χ3v) is 1.65. The zero-order valence-electron chi connectivity index (χ0n) is 7.07. The Morgan fingerprint density at radius 3 is 2.62 bits per heavy atom. The number of anilines is 1. The highest BCUT2D eigenvalue weighted by molar-refractivity contribution is 6.01. The summed E-state index contributed by atoms with van der Waals surface area (Å²) >= 11 is 0. The molecule has 0 aromatic heterocycles. The summed E-state index contributed by atoms with van der Waals surface area (Å²) in [5.41, 5.74) is 6.56. The minimum atomic E-state index is -0.514. The molecule has 0 fully saturated rings. The molecule has 0 spiro atoms. The van der Waals surface area contributed by atoms with Crippen LogP contribution in [-0.2, 0) is 0 Å². The second-order valence-electron chi connectivity index (χ2n) is 2.65. The van der Waals surface area contributed by atoms with Gasteiger partial charge >= 0.3 is 0 Å². The lowest BCUT2D eigenvalue weighted by Gasteiger charge is -2.01. The molecule has 0 saturated heterocycles. The van der Waals surface area contributed by atoms with Gasteiger partial charge in [-0.15, -0.1) is 0 Å². The predicted octanol–water partition coefficient (Wildman–Crippen LogP) is 1.56. The van der Waals surface area contributed by atoms with Gasteiger partial charge in [-0.2, -0.15) is 0 Å². The maximum atomic E-state index is 10.3. The number of rotatable bonds is 2. The molecule has 5 heteroatoms. The van der Waals surface area contributed by atoms with Crippen molar-refractivity contribution in [2.75, 3.05) is 5.73 Å². The van der Waals surface area contributed by atoms with Gasteiger partial charge < -0.3 is 11.1 Å². The molecule has 0 bridgehead atoms. The number of nitrogens with two attached hydrogens (primary N) is 1. The van der Waals surface area contributed by atoms with Crippen molar-refractivity contribution in [1.82, 2.24) is 0 Å². The standard InChI is InChI=1S/C8H9N3O2/c1-5(9)7-3-2-6(11(12)13)4-8(7)10/h2-4,9H,10H2,1H3. The first kappa shape index (κ1) is 9.18. The highest BCUT2D eigenvalue weighted by atomic mass is 16.6. The van der Waals surface area contributed by atoms with Crippen LogP contribution >= 0.6 is 0 Å². The molecule has 0 atom stereocenters. The van der Waals surface area contributed by atoms with E-state index in [0.717, 1.165) is 0 Å². The van der Waals surface area contributed by atoms with Crippen molar-refractivity contribution in [3.8, 4) is 0 Å². The fraction of sp³-hybridized carbons (Fsp3) is 0.125.